The zero-order valence-corrected chi connectivity index (χ0v) is 19.1. The van der Waals surface area contributed by atoms with Crippen molar-refractivity contribution in [2.45, 2.75) is 37.1 Å². The standard InChI is InChI=1S/C22H25FN4O3S.ClH/c23-18-4-2-1-3-17(18)21(22(29)14-5-6-14)26-9-8-19(31)15(12-26)11-16-7-10-27(24-16)13-20(28)25-30;/h1-4,7,10-11,14,19,21,30-31H,5-6,8-9,12-13H2,(H,25,28);1H. The Hall–Kier alpha value is -2.20. The third-order valence-electron chi connectivity index (χ3n) is 5.74. The van der Waals surface area contributed by atoms with Gasteiger partial charge in [-0.15, -0.1) is 12.4 Å². The number of carbonyl (C=O) groups is 2. The van der Waals surface area contributed by atoms with Gasteiger partial charge in [0.25, 0.3) is 5.91 Å². The highest BCUT2D eigenvalue weighted by molar-refractivity contribution is 7.81. The molecule has 32 heavy (non-hydrogen) atoms. The summed E-state index contributed by atoms with van der Waals surface area (Å²) in [7, 11) is 0. The van der Waals surface area contributed by atoms with E-state index in [1.165, 1.54) is 10.7 Å². The number of ketones is 1. The fourth-order valence-corrected chi connectivity index (χ4v) is 4.26. The first-order valence-electron chi connectivity index (χ1n) is 10.3. The van der Waals surface area contributed by atoms with Gasteiger partial charge in [0.05, 0.1) is 11.7 Å². The topological polar surface area (TPSA) is 87.5 Å². The van der Waals surface area contributed by atoms with E-state index in [0.29, 0.717) is 24.3 Å². The first-order valence-corrected chi connectivity index (χ1v) is 10.8. The molecule has 172 valence electrons. The molecular formula is C22H26ClFN4O3S. The smallest absolute Gasteiger partial charge is 0.265 e. The largest absolute Gasteiger partial charge is 0.297 e. The highest BCUT2D eigenvalue weighted by atomic mass is 35.5. The summed E-state index contributed by atoms with van der Waals surface area (Å²) in [5.74, 6) is -0.828. The quantitative estimate of drug-likeness (QED) is 0.322. The molecule has 2 aliphatic rings. The lowest BCUT2D eigenvalue weighted by Crippen LogP contribution is -2.42. The van der Waals surface area contributed by atoms with Gasteiger partial charge < -0.3 is 0 Å². The molecule has 0 bridgehead atoms. The predicted molar refractivity (Wildman–Crippen MR) is 123 cm³/mol. The van der Waals surface area contributed by atoms with Crippen molar-refractivity contribution in [1.29, 1.82) is 0 Å². The van der Waals surface area contributed by atoms with E-state index in [4.69, 9.17) is 17.8 Å². The number of likely N-dealkylation sites (tertiary alicyclic amines) is 1. The molecule has 2 heterocycles. The minimum Gasteiger partial charge on any atom is -0.297 e. The van der Waals surface area contributed by atoms with Crippen LogP contribution in [0.25, 0.3) is 6.08 Å². The number of nitrogens with one attached hydrogen (secondary N) is 1. The van der Waals surface area contributed by atoms with Crippen LogP contribution in [-0.4, -0.2) is 49.9 Å². The van der Waals surface area contributed by atoms with Gasteiger partial charge in [0, 0.05) is 36.0 Å². The molecule has 2 atom stereocenters. The number of piperidine rings is 1. The monoisotopic (exact) mass is 480 g/mol. The summed E-state index contributed by atoms with van der Waals surface area (Å²) >= 11 is 4.70. The minimum absolute atomic E-state index is 0. The van der Waals surface area contributed by atoms with Crippen molar-refractivity contribution in [2.75, 3.05) is 13.1 Å². The fourth-order valence-electron chi connectivity index (χ4n) is 3.99. The van der Waals surface area contributed by atoms with Gasteiger partial charge in [-0.25, -0.2) is 9.87 Å². The minimum atomic E-state index is -0.608. The number of hydroxylamine groups is 1. The van der Waals surface area contributed by atoms with Crippen molar-refractivity contribution in [2.24, 2.45) is 5.92 Å². The van der Waals surface area contributed by atoms with Gasteiger partial charge in [0.1, 0.15) is 12.4 Å². The second-order valence-electron chi connectivity index (χ2n) is 8.07. The number of benzene rings is 1. The molecule has 4 rings (SSSR count). The maximum absolute atomic E-state index is 14.6. The molecule has 0 spiro atoms. The van der Waals surface area contributed by atoms with Gasteiger partial charge in [0.2, 0.25) is 0 Å². The summed E-state index contributed by atoms with van der Waals surface area (Å²) in [6.45, 7) is 1.03. The van der Waals surface area contributed by atoms with Gasteiger partial charge in [-0.2, -0.15) is 17.7 Å². The van der Waals surface area contributed by atoms with E-state index >= 15 is 0 Å². The zero-order valence-electron chi connectivity index (χ0n) is 17.4. The van der Waals surface area contributed by atoms with Gasteiger partial charge in [-0.3, -0.25) is 24.4 Å². The number of halogens is 2. The molecule has 1 aromatic carbocycles. The lowest BCUT2D eigenvalue weighted by Gasteiger charge is -2.37. The van der Waals surface area contributed by atoms with Crippen LogP contribution in [0.4, 0.5) is 4.39 Å². The Labute approximate surface area is 197 Å². The Balaban J connectivity index is 0.00000289. The summed E-state index contributed by atoms with van der Waals surface area (Å²) in [5, 5.41) is 13.0. The van der Waals surface area contributed by atoms with E-state index in [1.807, 2.05) is 11.0 Å². The van der Waals surface area contributed by atoms with Crippen LogP contribution >= 0.6 is 25.0 Å². The summed E-state index contributed by atoms with van der Waals surface area (Å²) in [6.07, 6.45) is 6.01. The third-order valence-corrected chi connectivity index (χ3v) is 6.33. The maximum Gasteiger partial charge on any atom is 0.265 e. The lowest BCUT2D eigenvalue weighted by atomic mass is 9.93. The molecule has 1 aliphatic heterocycles. The molecule has 1 saturated carbocycles. The van der Waals surface area contributed by atoms with Gasteiger partial charge in [-0.05, 0) is 43.0 Å². The van der Waals surface area contributed by atoms with Crippen LogP contribution < -0.4 is 5.48 Å². The number of aromatic nitrogens is 2. The fraction of sp³-hybridized carbons (Fsp3) is 0.409. The van der Waals surface area contributed by atoms with Gasteiger partial charge in [0.15, 0.2) is 5.78 Å². The van der Waals surface area contributed by atoms with E-state index in [9.17, 15) is 14.0 Å². The van der Waals surface area contributed by atoms with Crippen molar-refractivity contribution >= 4 is 42.8 Å². The number of carbonyl (C=O) groups excluding carboxylic acids is 2. The van der Waals surface area contributed by atoms with Crippen molar-refractivity contribution in [3.63, 3.8) is 0 Å². The third kappa shape index (κ3) is 5.58. The van der Waals surface area contributed by atoms with Crippen LogP contribution in [0.15, 0.2) is 42.1 Å². The van der Waals surface area contributed by atoms with Crippen LogP contribution in [0.3, 0.4) is 0 Å². The number of Topliss-reactive ketones (excluding diaryl/α,β-unsaturated/α-hetero) is 1. The summed E-state index contributed by atoms with van der Waals surface area (Å²) < 4.78 is 16.0. The summed E-state index contributed by atoms with van der Waals surface area (Å²) in [5.41, 5.74) is 3.64. The zero-order chi connectivity index (χ0) is 22.0. The summed E-state index contributed by atoms with van der Waals surface area (Å²) in [6, 6.07) is 7.66. The van der Waals surface area contributed by atoms with Crippen LogP contribution in [0.5, 0.6) is 0 Å². The average Bonchev–Trinajstić information content (AvgIpc) is 3.53. The SMILES string of the molecule is Cl.O=C(Cn1ccc(C=C2CN(C(C(=O)C3CC3)c3ccccc3F)CCC2S)n1)NO. The van der Waals surface area contributed by atoms with Crippen LogP contribution in [-0.2, 0) is 16.1 Å². The average molecular weight is 481 g/mol. The number of hydrogen-bond donors (Lipinski definition) is 3. The molecule has 1 amide bonds. The molecule has 1 aliphatic carbocycles. The number of nitrogens with zero attached hydrogens (tertiary/aromatic N) is 3. The molecule has 2 aromatic rings. The first-order chi connectivity index (χ1) is 15.0. The molecule has 10 heteroatoms. The van der Waals surface area contributed by atoms with E-state index in [0.717, 1.165) is 24.8 Å². The number of rotatable bonds is 7. The van der Waals surface area contributed by atoms with E-state index in [-0.39, 0.29) is 41.7 Å². The molecular weight excluding hydrogens is 455 g/mol. The molecule has 7 nitrogen and oxygen atoms in total. The molecule has 2 fully saturated rings. The van der Waals surface area contributed by atoms with E-state index in [2.05, 4.69) is 5.10 Å². The first kappa shape index (κ1) is 24.4. The van der Waals surface area contributed by atoms with E-state index < -0.39 is 11.9 Å². The second-order valence-corrected chi connectivity index (χ2v) is 8.69. The Morgan fingerprint density at radius 2 is 2.03 bits per heavy atom. The second kappa shape index (κ2) is 10.6. The van der Waals surface area contributed by atoms with E-state index in [1.54, 1.807) is 35.9 Å². The number of hydrogen-bond acceptors (Lipinski definition) is 6. The highest BCUT2D eigenvalue weighted by Crippen LogP contribution is 2.39. The Morgan fingerprint density at radius 3 is 2.72 bits per heavy atom. The van der Waals surface area contributed by atoms with Crippen LogP contribution in [0.2, 0.25) is 0 Å². The molecule has 0 radical (unpaired) electrons. The molecule has 1 saturated heterocycles. The molecule has 1 aromatic heterocycles. The highest BCUT2D eigenvalue weighted by Gasteiger charge is 2.40. The lowest BCUT2D eigenvalue weighted by molar-refractivity contribution is -0.130. The number of thiol groups is 1. The number of amides is 1. The van der Waals surface area contributed by atoms with Crippen molar-refractivity contribution in [3.05, 3.63) is 59.2 Å². The molecule has 2 unspecified atom stereocenters. The normalized spacial score (nSPS) is 21.1. The van der Waals surface area contributed by atoms with Crippen molar-refractivity contribution in [1.82, 2.24) is 20.2 Å². The van der Waals surface area contributed by atoms with Crippen molar-refractivity contribution < 1.29 is 19.2 Å². The predicted octanol–water partition coefficient (Wildman–Crippen LogP) is 3.06. The van der Waals surface area contributed by atoms with Crippen LogP contribution in [0, 0.1) is 11.7 Å². The Bertz CT molecular complexity index is 1010. The van der Waals surface area contributed by atoms with Crippen LogP contribution in [0.1, 0.15) is 36.6 Å². The maximum atomic E-state index is 14.6. The van der Waals surface area contributed by atoms with Gasteiger partial charge >= 0.3 is 0 Å². The van der Waals surface area contributed by atoms with Crippen molar-refractivity contribution in [3.8, 4) is 0 Å². The Kier molecular flexibility index (Phi) is 8.10. The summed E-state index contributed by atoms with van der Waals surface area (Å²) in [4.78, 5) is 26.5. The molecule has 2 N–H and O–H groups in total. The van der Waals surface area contributed by atoms with Gasteiger partial charge in [-0.1, -0.05) is 18.2 Å². The Morgan fingerprint density at radius 1 is 1.28 bits per heavy atom.